The van der Waals surface area contributed by atoms with Gasteiger partial charge in [0.15, 0.2) is 0 Å². The van der Waals surface area contributed by atoms with E-state index in [1.54, 1.807) is 6.08 Å². The van der Waals surface area contributed by atoms with Gasteiger partial charge in [-0.1, -0.05) is 34.4 Å². The third kappa shape index (κ3) is 9.50. The van der Waals surface area contributed by atoms with E-state index in [0.717, 1.165) is 18.4 Å². The van der Waals surface area contributed by atoms with Crippen molar-refractivity contribution in [1.29, 1.82) is 0 Å². The van der Waals surface area contributed by atoms with Crippen LogP contribution in [0.15, 0.2) is 23.3 Å². The van der Waals surface area contributed by atoms with E-state index in [1.807, 2.05) is 6.92 Å². The average Bonchev–Trinajstić information content (AvgIpc) is 2.00. The normalized spacial score (nSPS) is 14.0. The van der Waals surface area contributed by atoms with Gasteiger partial charge < -0.3 is 4.55 Å². The van der Waals surface area contributed by atoms with E-state index >= 15 is 0 Å². The van der Waals surface area contributed by atoms with E-state index in [4.69, 9.17) is 0 Å². The van der Waals surface area contributed by atoms with Crippen LogP contribution in [0.3, 0.4) is 0 Å². The Morgan fingerprint density at radius 1 is 1.31 bits per heavy atom. The first kappa shape index (κ1) is 12.6. The van der Waals surface area contributed by atoms with Gasteiger partial charge in [0.1, 0.15) is 0 Å². The molecule has 1 unspecified atom stereocenters. The van der Waals surface area contributed by atoms with Crippen LogP contribution in [0.5, 0.6) is 0 Å². The zero-order valence-corrected chi connectivity index (χ0v) is 9.32. The van der Waals surface area contributed by atoms with Crippen molar-refractivity contribution in [1.82, 2.24) is 0 Å². The lowest BCUT2D eigenvalue weighted by molar-refractivity contribution is 0.540. The fourth-order valence-corrected chi connectivity index (χ4v) is 1.32. The van der Waals surface area contributed by atoms with Crippen LogP contribution in [0.2, 0.25) is 0 Å². The second-order valence-electron chi connectivity index (χ2n) is 3.34. The van der Waals surface area contributed by atoms with Crippen LogP contribution in [0.25, 0.3) is 0 Å². The molecule has 0 spiro atoms. The first-order valence-corrected chi connectivity index (χ1v) is 5.61. The molecule has 0 fully saturated rings. The van der Waals surface area contributed by atoms with Gasteiger partial charge in [-0.2, -0.15) is 0 Å². The molecule has 0 heterocycles. The SMILES string of the molecule is CC(C)=CCC/C(C)=C/CS(=O)[O-]. The van der Waals surface area contributed by atoms with E-state index in [0.29, 0.717) is 0 Å². The molecule has 0 aliphatic heterocycles. The lowest BCUT2D eigenvalue weighted by Gasteiger charge is -2.02. The summed E-state index contributed by atoms with van der Waals surface area (Å²) in [6.07, 6.45) is 5.87. The first-order valence-electron chi connectivity index (χ1n) is 4.37. The summed E-state index contributed by atoms with van der Waals surface area (Å²) in [5.74, 6) is 0.140. The van der Waals surface area contributed by atoms with Gasteiger partial charge in [0.2, 0.25) is 0 Å². The van der Waals surface area contributed by atoms with Crippen LogP contribution < -0.4 is 0 Å². The molecule has 0 saturated carbocycles. The predicted octanol–water partition coefficient (Wildman–Crippen LogP) is 2.56. The van der Waals surface area contributed by atoms with E-state index in [9.17, 15) is 8.76 Å². The van der Waals surface area contributed by atoms with Gasteiger partial charge in [0.25, 0.3) is 0 Å². The second-order valence-corrected chi connectivity index (χ2v) is 4.28. The Kier molecular flexibility index (Phi) is 6.82. The number of hydrogen-bond acceptors (Lipinski definition) is 2. The van der Waals surface area contributed by atoms with Crippen LogP contribution in [0, 0.1) is 0 Å². The van der Waals surface area contributed by atoms with E-state index in [2.05, 4.69) is 19.9 Å². The standard InChI is InChI=1S/C10H18O2S/c1-9(2)5-4-6-10(3)7-8-13(11)12/h5,7H,4,6,8H2,1-3H3,(H,11,12)/p-1/b10-7+. The third-order valence-electron chi connectivity index (χ3n) is 1.66. The van der Waals surface area contributed by atoms with Crippen molar-refractivity contribution in [3.8, 4) is 0 Å². The molecule has 0 aromatic carbocycles. The fraction of sp³-hybridized carbons (Fsp3) is 0.600. The maximum Gasteiger partial charge on any atom is 0.0284 e. The average molecular weight is 201 g/mol. The minimum atomic E-state index is -1.94. The Morgan fingerprint density at radius 2 is 1.92 bits per heavy atom. The Labute approximate surface area is 83.0 Å². The quantitative estimate of drug-likeness (QED) is 0.506. The maximum atomic E-state index is 10.2. The molecule has 0 N–H and O–H groups in total. The largest absolute Gasteiger partial charge is 0.772 e. The molecule has 0 amide bonds. The van der Waals surface area contributed by atoms with Crippen molar-refractivity contribution in [2.45, 2.75) is 33.6 Å². The molecule has 0 bridgehead atoms. The van der Waals surface area contributed by atoms with Crippen molar-refractivity contribution in [3.63, 3.8) is 0 Å². The zero-order valence-electron chi connectivity index (χ0n) is 8.50. The summed E-state index contributed by atoms with van der Waals surface area (Å²) < 4.78 is 20.5. The van der Waals surface area contributed by atoms with Crippen molar-refractivity contribution in [2.75, 3.05) is 5.75 Å². The summed E-state index contributed by atoms with van der Waals surface area (Å²) in [7, 11) is 0. The molecule has 0 aromatic heterocycles. The molecule has 0 aliphatic rings. The Hall–Kier alpha value is -0.410. The van der Waals surface area contributed by atoms with Crippen molar-refractivity contribution in [2.24, 2.45) is 0 Å². The fourth-order valence-electron chi connectivity index (χ4n) is 0.901. The molecule has 0 aliphatic carbocycles. The lowest BCUT2D eigenvalue weighted by atomic mass is 10.1. The summed E-state index contributed by atoms with van der Waals surface area (Å²) in [5.41, 5.74) is 2.45. The molecular weight excluding hydrogens is 184 g/mol. The summed E-state index contributed by atoms with van der Waals surface area (Å²) in [4.78, 5) is 0. The number of hydrogen-bond donors (Lipinski definition) is 0. The molecular formula is C10H17O2S-. The van der Waals surface area contributed by atoms with Gasteiger partial charge in [0.05, 0.1) is 0 Å². The van der Waals surface area contributed by atoms with E-state index < -0.39 is 11.1 Å². The van der Waals surface area contributed by atoms with Gasteiger partial charge >= 0.3 is 0 Å². The molecule has 3 heteroatoms. The summed E-state index contributed by atoms with van der Waals surface area (Å²) in [6, 6.07) is 0. The van der Waals surface area contributed by atoms with Gasteiger partial charge in [-0.25, -0.2) is 0 Å². The summed E-state index contributed by atoms with van der Waals surface area (Å²) >= 11 is -1.94. The smallest absolute Gasteiger partial charge is 0.0284 e. The minimum absolute atomic E-state index is 0.140. The molecule has 76 valence electrons. The summed E-state index contributed by atoms with van der Waals surface area (Å²) in [5, 5.41) is 0. The Morgan fingerprint density at radius 3 is 2.38 bits per heavy atom. The van der Waals surface area contributed by atoms with Crippen LogP contribution in [0.1, 0.15) is 33.6 Å². The third-order valence-corrected chi connectivity index (χ3v) is 2.10. The van der Waals surface area contributed by atoms with Gasteiger partial charge in [-0.3, -0.25) is 4.21 Å². The lowest BCUT2D eigenvalue weighted by Crippen LogP contribution is -1.91. The van der Waals surface area contributed by atoms with E-state index in [-0.39, 0.29) is 5.75 Å². The number of rotatable bonds is 5. The maximum absolute atomic E-state index is 10.2. The van der Waals surface area contributed by atoms with Crippen LogP contribution in [0.4, 0.5) is 0 Å². The van der Waals surface area contributed by atoms with Crippen molar-refractivity contribution in [3.05, 3.63) is 23.3 Å². The van der Waals surface area contributed by atoms with Gasteiger partial charge in [-0.15, -0.1) is 0 Å². The molecule has 2 nitrogen and oxygen atoms in total. The monoisotopic (exact) mass is 201 g/mol. The summed E-state index contributed by atoms with van der Waals surface area (Å²) in [6.45, 7) is 6.09. The first-order chi connectivity index (χ1) is 6.02. The number of allylic oxidation sites excluding steroid dienone is 3. The zero-order chi connectivity index (χ0) is 10.3. The Bertz CT molecular complexity index is 225. The molecule has 0 aromatic rings. The van der Waals surface area contributed by atoms with Crippen molar-refractivity contribution < 1.29 is 8.76 Å². The Balaban J connectivity index is 3.73. The minimum Gasteiger partial charge on any atom is -0.772 e. The molecule has 13 heavy (non-hydrogen) atoms. The highest BCUT2D eigenvalue weighted by atomic mass is 32.2. The van der Waals surface area contributed by atoms with Crippen LogP contribution >= 0.6 is 0 Å². The molecule has 1 atom stereocenters. The molecule has 0 saturated heterocycles. The van der Waals surface area contributed by atoms with Gasteiger partial charge in [0, 0.05) is 5.75 Å². The topological polar surface area (TPSA) is 40.1 Å². The second kappa shape index (κ2) is 7.04. The van der Waals surface area contributed by atoms with Crippen LogP contribution in [-0.4, -0.2) is 14.5 Å². The molecule has 0 rings (SSSR count). The highest BCUT2D eigenvalue weighted by Crippen LogP contribution is 2.06. The van der Waals surface area contributed by atoms with E-state index in [1.165, 1.54) is 5.57 Å². The highest BCUT2D eigenvalue weighted by molar-refractivity contribution is 7.79. The highest BCUT2D eigenvalue weighted by Gasteiger charge is 1.88. The predicted molar refractivity (Wildman–Crippen MR) is 56.2 cm³/mol. The molecule has 0 radical (unpaired) electrons. The van der Waals surface area contributed by atoms with Gasteiger partial charge in [-0.05, 0) is 33.6 Å². The van der Waals surface area contributed by atoms with Crippen molar-refractivity contribution >= 4 is 11.1 Å². The van der Waals surface area contributed by atoms with Crippen LogP contribution in [-0.2, 0) is 11.1 Å².